The van der Waals surface area contributed by atoms with Crippen molar-refractivity contribution in [1.29, 1.82) is 0 Å². The predicted molar refractivity (Wildman–Crippen MR) is 73.0 cm³/mol. The first-order valence-corrected chi connectivity index (χ1v) is 7.06. The Kier molecular flexibility index (Phi) is 4.05. The standard InChI is InChI=1S/C14H17BrFNO/c1-9(2)12-7-4-8-17(12)14(18)13-10(15)5-3-6-11(13)16/h3,5-6,9,12H,4,7-8H2,1-2H3. The number of carbonyl (C=O) groups excluding carboxylic acids is 1. The molecule has 0 aromatic heterocycles. The third-order valence-electron chi connectivity index (χ3n) is 3.51. The molecule has 1 aliphatic heterocycles. The summed E-state index contributed by atoms with van der Waals surface area (Å²) in [6.07, 6.45) is 2.01. The maximum absolute atomic E-state index is 13.8. The molecule has 0 spiro atoms. The number of amides is 1. The van der Waals surface area contributed by atoms with Crippen molar-refractivity contribution in [2.45, 2.75) is 32.7 Å². The average Bonchev–Trinajstić information content (AvgIpc) is 2.77. The van der Waals surface area contributed by atoms with Crippen LogP contribution in [0.25, 0.3) is 0 Å². The first-order valence-electron chi connectivity index (χ1n) is 6.27. The highest BCUT2D eigenvalue weighted by Crippen LogP contribution is 2.28. The van der Waals surface area contributed by atoms with Crippen LogP contribution in [0.1, 0.15) is 37.0 Å². The second-order valence-electron chi connectivity index (χ2n) is 5.05. The summed E-state index contributed by atoms with van der Waals surface area (Å²) in [4.78, 5) is 14.3. The van der Waals surface area contributed by atoms with E-state index >= 15 is 0 Å². The van der Waals surface area contributed by atoms with Gasteiger partial charge < -0.3 is 4.90 Å². The SMILES string of the molecule is CC(C)C1CCCN1C(=O)c1c(F)cccc1Br. The highest BCUT2D eigenvalue weighted by atomic mass is 79.9. The molecule has 1 heterocycles. The lowest BCUT2D eigenvalue weighted by molar-refractivity contribution is 0.0696. The molecule has 1 fully saturated rings. The van der Waals surface area contributed by atoms with Gasteiger partial charge in [0.15, 0.2) is 0 Å². The maximum Gasteiger partial charge on any atom is 0.258 e. The Morgan fingerprint density at radius 3 is 2.83 bits per heavy atom. The van der Waals surface area contributed by atoms with Gasteiger partial charge in [-0.3, -0.25) is 4.79 Å². The van der Waals surface area contributed by atoms with E-state index in [1.165, 1.54) is 6.07 Å². The molecule has 18 heavy (non-hydrogen) atoms. The molecule has 4 heteroatoms. The summed E-state index contributed by atoms with van der Waals surface area (Å²) >= 11 is 3.26. The maximum atomic E-state index is 13.8. The van der Waals surface area contributed by atoms with Crippen molar-refractivity contribution in [2.75, 3.05) is 6.54 Å². The lowest BCUT2D eigenvalue weighted by atomic mass is 10.0. The summed E-state index contributed by atoms with van der Waals surface area (Å²) < 4.78 is 14.3. The van der Waals surface area contributed by atoms with Crippen molar-refractivity contribution in [2.24, 2.45) is 5.92 Å². The summed E-state index contributed by atoms with van der Waals surface area (Å²) in [6.45, 7) is 4.93. The van der Waals surface area contributed by atoms with Gasteiger partial charge in [0, 0.05) is 17.1 Å². The Morgan fingerprint density at radius 1 is 1.50 bits per heavy atom. The fraction of sp³-hybridized carbons (Fsp3) is 0.500. The third kappa shape index (κ3) is 2.44. The molecule has 1 aliphatic rings. The second-order valence-corrected chi connectivity index (χ2v) is 5.90. The Bertz CT molecular complexity index is 441. The molecule has 0 aliphatic carbocycles. The molecule has 1 unspecified atom stereocenters. The number of hydrogen-bond acceptors (Lipinski definition) is 1. The first kappa shape index (κ1) is 13.5. The van der Waals surface area contributed by atoms with Gasteiger partial charge in [-0.1, -0.05) is 19.9 Å². The molecule has 0 bridgehead atoms. The molecule has 98 valence electrons. The van der Waals surface area contributed by atoms with Crippen molar-refractivity contribution in [1.82, 2.24) is 4.90 Å². The van der Waals surface area contributed by atoms with E-state index in [0.717, 1.165) is 19.4 Å². The van der Waals surface area contributed by atoms with Gasteiger partial charge in [0.25, 0.3) is 5.91 Å². The Labute approximate surface area is 115 Å². The molecule has 2 rings (SSSR count). The Hall–Kier alpha value is -0.900. The van der Waals surface area contributed by atoms with E-state index in [1.54, 1.807) is 12.1 Å². The first-order chi connectivity index (χ1) is 8.52. The molecule has 1 aromatic rings. The highest BCUT2D eigenvalue weighted by Gasteiger charge is 2.33. The van der Waals surface area contributed by atoms with Crippen LogP contribution in [-0.2, 0) is 0 Å². The molecule has 1 amide bonds. The largest absolute Gasteiger partial charge is 0.335 e. The van der Waals surface area contributed by atoms with E-state index in [1.807, 2.05) is 4.90 Å². The number of nitrogens with zero attached hydrogens (tertiary/aromatic N) is 1. The zero-order chi connectivity index (χ0) is 13.3. The number of hydrogen-bond donors (Lipinski definition) is 0. The van der Waals surface area contributed by atoms with Crippen molar-refractivity contribution < 1.29 is 9.18 Å². The van der Waals surface area contributed by atoms with Crippen LogP contribution < -0.4 is 0 Å². The molecular weight excluding hydrogens is 297 g/mol. The predicted octanol–water partition coefficient (Wildman–Crippen LogP) is 3.85. The van der Waals surface area contributed by atoms with E-state index in [4.69, 9.17) is 0 Å². The van der Waals surface area contributed by atoms with E-state index in [9.17, 15) is 9.18 Å². The lowest BCUT2D eigenvalue weighted by Gasteiger charge is -2.28. The van der Waals surface area contributed by atoms with Crippen LogP contribution in [-0.4, -0.2) is 23.4 Å². The minimum atomic E-state index is -0.455. The fourth-order valence-electron chi connectivity index (χ4n) is 2.58. The van der Waals surface area contributed by atoms with E-state index in [0.29, 0.717) is 10.4 Å². The Balaban J connectivity index is 2.31. The average molecular weight is 314 g/mol. The molecule has 0 N–H and O–H groups in total. The zero-order valence-corrected chi connectivity index (χ0v) is 12.2. The van der Waals surface area contributed by atoms with Gasteiger partial charge >= 0.3 is 0 Å². The van der Waals surface area contributed by atoms with Gasteiger partial charge in [-0.25, -0.2) is 4.39 Å². The van der Waals surface area contributed by atoms with Crippen molar-refractivity contribution in [3.63, 3.8) is 0 Å². The van der Waals surface area contributed by atoms with Gasteiger partial charge in [0.05, 0.1) is 5.56 Å². The summed E-state index contributed by atoms with van der Waals surface area (Å²) in [6, 6.07) is 4.86. The van der Waals surface area contributed by atoms with E-state index in [2.05, 4.69) is 29.8 Å². The number of benzene rings is 1. The topological polar surface area (TPSA) is 20.3 Å². The van der Waals surface area contributed by atoms with Gasteiger partial charge in [-0.2, -0.15) is 0 Å². The molecule has 0 saturated carbocycles. The monoisotopic (exact) mass is 313 g/mol. The van der Waals surface area contributed by atoms with Gasteiger partial charge in [-0.15, -0.1) is 0 Å². The zero-order valence-electron chi connectivity index (χ0n) is 10.6. The van der Waals surface area contributed by atoms with Crippen LogP contribution in [0.3, 0.4) is 0 Å². The van der Waals surface area contributed by atoms with Crippen molar-refractivity contribution in [3.05, 3.63) is 34.1 Å². The second kappa shape index (κ2) is 5.39. The van der Waals surface area contributed by atoms with Crippen molar-refractivity contribution >= 4 is 21.8 Å². The van der Waals surface area contributed by atoms with Crippen LogP contribution in [0.2, 0.25) is 0 Å². The van der Waals surface area contributed by atoms with Crippen LogP contribution in [0.4, 0.5) is 4.39 Å². The van der Waals surface area contributed by atoms with E-state index < -0.39 is 5.82 Å². The highest BCUT2D eigenvalue weighted by molar-refractivity contribution is 9.10. The lowest BCUT2D eigenvalue weighted by Crippen LogP contribution is -2.39. The minimum absolute atomic E-state index is 0.157. The number of carbonyl (C=O) groups is 1. The molecule has 0 radical (unpaired) electrons. The van der Waals surface area contributed by atoms with E-state index in [-0.39, 0.29) is 17.5 Å². The third-order valence-corrected chi connectivity index (χ3v) is 4.17. The van der Waals surface area contributed by atoms with Crippen LogP contribution in [0.5, 0.6) is 0 Å². The fourth-order valence-corrected chi connectivity index (χ4v) is 3.10. The molecule has 1 atom stereocenters. The number of likely N-dealkylation sites (tertiary alicyclic amines) is 1. The summed E-state index contributed by atoms with van der Waals surface area (Å²) in [5.74, 6) is -0.248. The van der Waals surface area contributed by atoms with Crippen LogP contribution >= 0.6 is 15.9 Å². The van der Waals surface area contributed by atoms with Gasteiger partial charge in [0.2, 0.25) is 0 Å². The quantitative estimate of drug-likeness (QED) is 0.812. The van der Waals surface area contributed by atoms with Gasteiger partial charge in [-0.05, 0) is 46.8 Å². The van der Waals surface area contributed by atoms with Gasteiger partial charge in [0.1, 0.15) is 5.82 Å². The van der Waals surface area contributed by atoms with Crippen LogP contribution in [0, 0.1) is 11.7 Å². The molecular formula is C14H17BrFNO. The molecule has 2 nitrogen and oxygen atoms in total. The molecule has 1 saturated heterocycles. The van der Waals surface area contributed by atoms with Crippen molar-refractivity contribution in [3.8, 4) is 0 Å². The van der Waals surface area contributed by atoms with Crippen LogP contribution in [0.15, 0.2) is 22.7 Å². The minimum Gasteiger partial charge on any atom is -0.335 e. The molecule has 1 aromatic carbocycles. The summed E-state index contributed by atoms with van der Waals surface area (Å²) in [7, 11) is 0. The normalized spacial score (nSPS) is 19.6. The number of halogens is 2. The number of rotatable bonds is 2. The summed E-state index contributed by atoms with van der Waals surface area (Å²) in [5.41, 5.74) is 0.157. The summed E-state index contributed by atoms with van der Waals surface area (Å²) in [5, 5.41) is 0. The Morgan fingerprint density at radius 2 is 2.22 bits per heavy atom. The smallest absolute Gasteiger partial charge is 0.258 e.